The Bertz CT molecular complexity index is 825. The van der Waals surface area contributed by atoms with Crippen LogP contribution in [0.2, 0.25) is 0 Å². The molecule has 0 aromatic heterocycles. The summed E-state index contributed by atoms with van der Waals surface area (Å²) in [6.07, 6.45) is 0. The molecule has 0 aliphatic carbocycles. The van der Waals surface area contributed by atoms with E-state index < -0.39 is 0 Å². The van der Waals surface area contributed by atoms with Crippen molar-refractivity contribution in [3.05, 3.63) is 35.4 Å². The zero-order chi connectivity index (χ0) is 15.9. The van der Waals surface area contributed by atoms with Crippen LogP contribution in [0.3, 0.4) is 0 Å². The van der Waals surface area contributed by atoms with Crippen LogP contribution < -0.4 is 0 Å². The number of fused-ring (bicyclic) bond motifs is 5. The summed E-state index contributed by atoms with van der Waals surface area (Å²) in [4.78, 5) is 9.65. The summed E-state index contributed by atoms with van der Waals surface area (Å²) in [5.41, 5.74) is 7.36. The maximum absolute atomic E-state index is 4.83. The van der Waals surface area contributed by atoms with Gasteiger partial charge in [-0.05, 0) is 47.9 Å². The molecule has 2 heteroatoms. The molecular formula is C20H22N2. The molecule has 2 aromatic rings. The molecule has 2 aliphatic heterocycles. The molecule has 2 nitrogen and oxygen atoms in total. The third-order valence-corrected chi connectivity index (χ3v) is 5.78. The zero-order valence-electron chi connectivity index (χ0n) is 14.2. The molecular weight excluding hydrogens is 268 g/mol. The van der Waals surface area contributed by atoms with Crippen molar-refractivity contribution in [1.29, 1.82) is 0 Å². The van der Waals surface area contributed by atoms with Gasteiger partial charge in [-0.2, -0.15) is 0 Å². The number of hydrogen-bond donors (Lipinski definition) is 0. The van der Waals surface area contributed by atoms with Gasteiger partial charge in [0.05, 0.1) is 11.4 Å². The third-order valence-electron chi connectivity index (χ3n) is 5.78. The highest BCUT2D eigenvalue weighted by Gasteiger charge is 2.39. The van der Waals surface area contributed by atoms with Gasteiger partial charge in [0.2, 0.25) is 0 Å². The van der Waals surface area contributed by atoms with Crippen LogP contribution in [0.5, 0.6) is 0 Å². The molecule has 4 rings (SSSR count). The Morgan fingerprint density at radius 3 is 1.50 bits per heavy atom. The van der Waals surface area contributed by atoms with E-state index >= 15 is 0 Å². The number of aliphatic imine (C=N–C) groups is 2. The fraction of sp³-hybridized carbons (Fsp3) is 0.400. The molecule has 0 spiro atoms. The Balaban J connectivity index is 2.19. The third kappa shape index (κ3) is 1.45. The Hall–Kier alpha value is -1.96. The van der Waals surface area contributed by atoms with Crippen molar-refractivity contribution in [1.82, 2.24) is 0 Å². The number of rotatable bonds is 0. The summed E-state index contributed by atoms with van der Waals surface area (Å²) in [6.45, 7) is 13.4. The van der Waals surface area contributed by atoms with Gasteiger partial charge < -0.3 is 0 Å². The van der Waals surface area contributed by atoms with Gasteiger partial charge in [0.1, 0.15) is 0 Å². The van der Waals surface area contributed by atoms with Gasteiger partial charge in [-0.15, -0.1) is 0 Å². The molecule has 0 fully saturated rings. The van der Waals surface area contributed by atoms with Crippen molar-refractivity contribution in [2.24, 2.45) is 9.98 Å². The zero-order valence-corrected chi connectivity index (χ0v) is 14.2. The lowest BCUT2D eigenvalue weighted by Gasteiger charge is -2.27. The maximum Gasteiger partial charge on any atom is 0.0677 e. The molecule has 112 valence electrons. The fourth-order valence-corrected chi connectivity index (χ4v) is 3.85. The highest BCUT2D eigenvalue weighted by atomic mass is 14.8. The van der Waals surface area contributed by atoms with Crippen LogP contribution in [0.4, 0.5) is 11.4 Å². The molecule has 0 saturated carbocycles. The molecule has 2 heterocycles. The quantitative estimate of drug-likeness (QED) is 0.602. The van der Waals surface area contributed by atoms with E-state index in [1.165, 1.54) is 33.3 Å². The van der Waals surface area contributed by atoms with Crippen LogP contribution in [0, 0.1) is 0 Å². The lowest BCUT2D eigenvalue weighted by atomic mass is 9.73. The first-order valence-corrected chi connectivity index (χ1v) is 7.97. The second kappa shape index (κ2) is 3.87. The van der Waals surface area contributed by atoms with Gasteiger partial charge in [0, 0.05) is 22.3 Å². The Morgan fingerprint density at radius 1 is 0.682 bits per heavy atom. The molecule has 22 heavy (non-hydrogen) atoms. The van der Waals surface area contributed by atoms with Gasteiger partial charge >= 0.3 is 0 Å². The van der Waals surface area contributed by atoms with Crippen LogP contribution in [0.15, 0.2) is 34.3 Å². The second-order valence-corrected chi connectivity index (χ2v) is 7.66. The highest BCUT2D eigenvalue weighted by Crippen LogP contribution is 2.51. The van der Waals surface area contributed by atoms with Crippen molar-refractivity contribution in [2.75, 3.05) is 0 Å². The van der Waals surface area contributed by atoms with Crippen molar-refractivity contribution in [3.8, 4) is 0 Å². The van der Waals surface area contributed by atoms with E-state index in [2.05, 4.69) is 65.8 Å². The summed E-state index contributed by atoms with van der Waals surface area (Å²) >= 11 is 0. The van der Waals surface area contributed by atoms with E-state index in [4.69, 9.17) is 9.98 Å². The first kappa shape index (κ1) is 13.7. The van der Waals surface area contributed by atoms with E-state index in [0.717, 1.165) is 11.4 Å². The number of hydrogen-bond acceptors (Lipinski definition) is 2. The Labute approximate surface area is 132 Å². The first-order valence-electron chi connectivity index (χ1n) is 7.97. The minimum atomic E-state index is -0.0173. The molecule has 0 radical (unpaired) electrons. The first-order chi connectivity index (χ1) is 10.2. The Kier molecular flexibility index (Phi) is 2.40. The van der Waals surface area contributed by atoms with Gasteiger partial charge in [0.25, 0.3) is 0 Å². The average molecular weight is 290 g/mol. The second-order valence-electron chi connectivity index (χ2n) is 7.66. The monoisotopic (exact) mass is 290 g/mol. The molecule has 0 N–H and O–H groups in total. The minimum absolute atomic E-state index is 0.0173. The number of benzene rings is 2. The summed E-state index contributed by atoms with van der Waals surface area (Å²) in [6, 6.07) is 8.74. The van der Waals surface area contributed by atoms with Gasteiger partial charge in [-0.1, -0.05) is 39.8 Å². The van der Waals surface area contributed by atoms with E-state index in [1.807, 2.05) is 0 Å². The van der Waals surface area contributed by atoms with Gasteiger partial charge in [-0.25, -0.2) is 0 Å². The maximum atomic E-state index is 4.83. The molecule has 0 saturated heterocycles. The van der Waals surface area contributed by atoms with Crippen LogP contribution in [0.1, 0.15) is 52.7 Å². The van der Waals surface area contributed by atoms with Gasteiger partial charge in [-0.3, -0.25) is 9.98 Å². The molecule has 0 unspecified atom stereocenters. The van der Waals surface area contributed by atoms with Crippen molar-refractivity contribution < 1.29 is 0 Å². The fourth-order valence-electron chi connectivity index (χ4n) is 3.85. The minimum Gasteiger partial charge on any atom is -0.257 e. The lowest BCUT2D eigenvalue weighted by Crippen LogP contribution is -2.26. The van der Waals surface area contributed by atoms with E-state index in [1.54, 1.807) is 0 Å². The van der Waals surface area contributed by atoms with Crippen LogP contribution >= 0.6 is 0 Å². The normalized spacial score (nSPS) is 20.6. The van der Waals surface area contributed by atoms with Crippen molar-refractivity contribution >= 4 is 33.6 Å². The molecule has 2 aromatic carbocycles. The SMILES string of the molecule is CC1=Nc2ccc3ccc4c(c3c2C1(C)C)C(C)(C)C(C)=N4. The average Bonchev–Trinajstić information content (AvgIpc) is 2.81. The van der Waals surface area contributed by atoms with Gasteiger partial charge in [0.15, 0.2) is 0 Å². The van der Waals surface area contributed by atoms with Crippen LogP contribution in [0.25, 0.3) is 10.8 Å². The predicted molar refractivity (Wildman–Crippen MR) is 95.5 cm³/mol. The highest BCUT2D eigenvalue weighted by molar-refractivity contribution is 6.12. The summed E-state index contributed by atoms with van der Waals surface area (Å²) in [5.74, 6) is 0. The van der Waals surface area contributed by atoms with E-state index in [0.29, 0.717) is 0 Å². The largest absolute Gasteiger partial charge is 0.257 e. The molecule has 0 amide bonds. The topological polar surface area (TPSA) is 24.7 Å². The molecule has 0 bridgehead atoms. The van der Waals surface area contributed by atoms with E-state index in [-0.39, 0.29) is 10.8 Å². The van der Waals surface area contributed by atoms with Crippen molar-refractivity contribution in [3.63, 3.8) is 0 Å². The van der Waals surface area contributed by atoms with Crippen LogP contribution in [-0.2, 0) is 10.8 Å². The summed E-state index contributed by atoms with van der Waals surface area (Å²) in [7, 11) is 0. The van der Waals surface area contributed by atoms with Crippen molar-refractivity contribution in [2.45, 2.75) is 52.4 Å². The number of nitrogens with zero attached hydrogens (tertiary/aromatic N) is 2. The summed E-state index contributed by atoms with van der Waals surface area (Å²) in [5, 5.41) is 2.67. The summed E-state index contributed by atoms with van der Waals surface area (Å²) < 4.78 is 0. The smallest absolute Gasteiger partial charge is 0.0677 e. The molecule has 2 aliphatic rings. The van der Waals surface area contributed by atoms with E-state index in [9.17, 15) is 0 Å². The molecule has 0 atom stereocenters. The van der Waals surface area contributed by atoms with Crippen LogP contribution in [-0.4, -0.2) is 11.4 Å². The Morgan fingerprint density at radius 2 is 1.09 bits per heavy atom. The predicted octanol–water partition coefficient (Wildman–Crippen LogP) is 5.61. The lowest BCUT2D eigenvalue weighted by molar-refractivity contribution is 0.723. The standard InChI is InChI=1S/C20H22N2/c1-11-19(3,4)17-14(21-11)9-7-13-8-10-15-18(16(13)17)20(5,6)12(2)22-15/h7-10H,1-6H3.